The Morgan fingerprint density at radius 2 is 2.11 bits per heavy atom. The minimum Gasteiger partial charge on any atom is -0.484 e. The van der Waals surface area contributed by atoms with E-state index in [4.69, 9.17) is 16.3 Å². The van der Waals surface area contributed by atoms with E-state index >= 15 is 0 Å². The van der Waals surface area contributed by atoms with E-state index in [0.717, 1.165) is 10.6 Å². The highest BCUT2D eigenvalue weighted by Crippen LogP contribution is 2.67. The molecule has 1 aromatic carbocycles. The van der Waals surface area contributed by atoms with Crippen molar-refractivity contribution >= 4 is 34.8 Å². The smallest absolute Gasteiger partial charge is 0.258 e. The van der Waals surface area contributed by atoms with Crippen molar-refractivity contribution in [2.75, 3.05) is 6.61 Å². The number of nitrogens with one attached hydrogen (secondary N) is 2. The second kappa shape index (κ2) is 6.80. The fourth-order valence-corrected chi connectivity index (χ4v) is 4.71. The molecule has 1 aromatic heterocycles. The molecule has 2 amide bonds. The summed E-state index contributed by atoms with van der Waals surface area (Å²) < 4.78 is 5.53. The average Bonchev–Trinajstić information content (AvgIpc) is 3.09. The summed E-state index contributed by atoms with van der Waals surface area (Å²) in [6, 6.07) is 5.29. The molecule has 3 aliphatic rings. The molecular formula is C19H20ClN3O3S. The molecule has 1 heterocycles. The fraction of sp³-hybridized carbons (Fsp3) is 0.421. The lowest BCUT2D eigenvalue weighted by Crippen LogP contribution is -2.78. The molecule has 0 unspecified atom stereocenters. The number of thiazole rings is 1. The van der Waals surface area contributed by atoms with Crippen molar-refractivity contribution in [1.82, 2.24) is 15.6 Å². The molecule has 0 spiro atoms. The lowest BCUT2D eigenvalue weighted by atomic mass is 9.39. The Balaban J connectivity index is 1.21. The number of aromatic nitrogens is 1. The Morgan fingerprint density at radius 3 is 2.78 bits per heavy atom. The molecule has 6 nitrogen and oxygen atoms in total. The molecule has 0 atom stereocenters. The molecule has 142 valence electrons. The van der Waals surface area contributed by atoms with E-state index in [1.807, 2.05) is 12.3 Å². The monoisotopic (exact) mass is 405 g/mol. The van der Waals surface area contributed by atoms with Gasteiger partial charge in [-0.3, -0.25) is 9.59 Å². The Labute approximate surface area is 166 Å². The molecule has 5 rings (SSSR count). The van der Waals surface area contributed by atoms with Crippen LogP contribution in [0.4, 0.5) is 0 Å². The van der Waals surface area contributed by atoms with Gasteiger partial charge < -0.3 is 15.4 Å². The molecule has 0 radical (unpaired) electrons. The van der Waals surface area contributed by atoms with Gasteiger partial charge in [-0.05, 0) is 49.9 Å². The summed E-state index contributed by atoms with van der Waals surface area (Å²) in [5.74, 6) is 0.503. The van der Waals surface area contributed by atoms with E-state index in [1.54, 1.807) is 24.4 Å². The van der Waals surface area contributed by atoms with Crippen LogP contribution in [-0.4, -0.2) is 28.9 Å². The van der Waals surface area contributed by atoms with Gasteiger partial charge in [-0.15, -0.1) is 11.3 Å². The minimum absolute atomic E-state index is 0.0495. The number of amides is 2. The van der Waals surface area contributed by atoms with Crippen molar-refractivity contribution in [3.63, 3.8) is 0 Å². The van der Waals surface area contributed by atoms with Crippen LogP contribution in [0.15, 0.2) is 29.8 Å². The lowest BCUT2D eigenvalue weighted by Gasteiger charge is -2.69. The molecule has 0 aliphatic heterocycles. The van der Waals surface area contributed by atoms with Crippen LogP contribution in [0.3, 0.4) is 0 Å². The third-order valence-electron chi connectivity index (χ3n) is 5.30. The van der Waals surface area contributed by atoms with Gasteiger partial charge in [0.05, 0.1) is 12.0 Å². The van der Waals surface area contributed by atoms with Crippen LogP contribution in [-0.2, 0) is 16.1 Å². The molecule has 27 heavy (non-hydrogen) atoms. The van der Waals surface area contributed by atoms with Gasteiger partial charge in [0.25, 0.3) is 5.91 Å². The van der Waals surface area contributed by atoms with Gasteiger partial charge in [0.2, 0.25) is 5.91 Å². The van der Waals surface area contributed by atoms with Crippen LogP contribution >= 0.6 is 22.9 Å². The minimum atomic E-state index is -0.321. The third-order valence-corrected chi connectivity index (χ3v) is 6.50. The second-order valence-corrected chi connectivity index (χ2v) is 8.83. The van der Waals surface area contributed by atoms with Crippen molar-refractivity contribution < 1.29 is 14.3 Å². The van der Waals surface area contributed by atoms with Crippen molar-refractivity contribution in [1.29, 1.82) is 0 Å². The van der Waals surface area contributed by atoms with Crippen LogP contribution in [0, 0.1) is 12.3 Å². The number of hydrogen-bond acceptors (Lipinski definition) is 5. The predicted octanol–water partition coefficient (Wildman–Crippen LogP) is 2.84. The molecule has 3 fully saturated rings. The van der Waals surface area contributed by atoms with Gasteiger partial charge in [-0.2, -0.15) is 0 Å². The van der Waals surface area contributed by atoms with E-state index < -0.39 is 0 Å². The standard InChI is InChI=1S/C19H20ClN3O3S/c1-12-6-13(2-3-14(12)20)26-8-15(24)23-19-9-18(10-19,11-19)17(25)22-7-16-21-4-5-27-16/h2-6H,7-11H2,1H3,(H,22,25)(H,23,24). The highest BCUT2D eigenvalue weighted by molar-refractivity contribution is 7.09. The SMILES string of the molecule is Cc1cc(OCC(=O)NC23CC(C(=O)NCc4nccs4)(C2)C3)ccc1Cl. The van der Waals surface area contributed by atoms with E-state index in [2.05, 4.69) is 15.6 Å². The Kier molecular flexibility index (Phi) is 4.60. The lowest BCUT2D eigenvalue weighted by molar-refractivity contribution is -0.184. The maximum Gasteiger partial charge on any atom is 0.258 e. The number of rotatable bonds is 7. The highest BCUT2D eigenvalue weighted by Gasteiger charge is 2.72. The van der Waals surface area contributed by atoms with Crippen LogP contribution in [0.2, 0.25) is 5.02 Å². The molecule has 2 aromatic rings. The van der Waals surface area contributed by atoms with Gasteiger partial charge in [-0.25, -0.2) is 4.98 Å². The number of ether oxygens (including phenoxy) is 1. The molecule has 0 saturated heterocycles. The van der Waals surface area contributed by atoms with Gasteiger partial charge in [0.1, 0.15) is 10.8 Å². The first kappa shape index (κ1) is 18.3. The van der Waals surface area contributed by atoms with E-state index in [1.165, 1.54) is 11.3 Å². The summed E-state index contributed by atoms with van der Waals surface area (Å²) in [5.41, 5.74) is 0.341. The van der Waals surface area contributed by atoms with Crippen molar-refractivity contribution in [3.8, 4) is 5.75 Å². The number of aryl methyl sites for hydroxylation is 1. The van der Waals surface area contributed by atoms with Crippen molar-refractivity contribution in [3.05, 3.63) is 45.4 Å². The Bertz CT molecular complexity index is 865. The maximum atomic E-state index is 12.4. The number of hydrogen-bond donors (Lipinski definition) is 2. The fourth-order valence-electron chi connectivity index (χ4n) is 4.03. The summed E-state index contributed by atoms with van der Waals surface area (Å²) in [5, 5.41) is 9.43. The van der Waals surface area contributed by atoms with Gasteiger partial charge in [0, 0.05) is 22.1 Å². The number of halogens is 1. The first-order valence-corrected chi connectivity index (χ1v) is 10.0. The quantitative estimate of drug-likeness (QED) is 0.742. The number of benzene rings is 1. The zero-order chi connectivity index (χ0) is 19.1. The topological polar surface area (TPSA) is 80.3 Å². The number of carbonyl (C=O) groups is 2. The van der Waals surface area contributed by atoms with E-state index in [0.29, 0.717) is 36.6 Å². The summed E-state index contributed by atoms with van der Waals surface area (Å²) >= 11 is 7.50. The summed E-state index contributed by atoms with van der Waals surface area (Å²) in [6.07, 6.45) is 3.80. The maximum absolute atomic E-state index is 12.4. The van der Waals surface area contributed by atoms with Crippen molar-refractivity contribution in [2.45, 2.75) is 38.3 Å². The normalized spacial score (nSPS) is 25.1. The first-order chi connectivity index (χ1) is 12.9. The van der Waals surface area contributed by atoms with Crippen LogP contribution in [0.5, 0.6) is 5.75 Å². The summed E-state index contributed by atoms with van der Waals surface area (Å²) in [7, 11) is 0. The zero-order valence-corrected chi connectivity index (χ0v) is 16.5. The molecular weight excluding hydrogens is 386 g/mol. The molecule has 3 saturated carbocycles. The second-order valence-electron chi connectivity index (χ2n) is 7.45. The van der Waals surface area contributed by atoms with Crippen LogP contribution in [0.1, 0.15) is 29.8 Å². The molecule has 8 heteroatoms. The van der Waals surface area contributed by atoms with Gasteiger partial charge in [0.15, 0.2) is 6.61 Å². The highest BCUT2D eigenvalue weighted by atomic mass is 35.5. The Morgan fingerprint density at radius 1 is 1.33 bits per heavy atom. The molecule has 2 bridgehead atoms. The average molecular weight is 406 g/mol. The van der Waals surface area contributed by atoms with E-state index in [-0.39, 0.29) is 29.4 Å². The van der Waals surface area contributed by atoms with Crippen LogP contribution in [0.25, 0.3) is 0 Å². The Hall–Kier alpha value is -2.12. The largest absolute Gasteiger partial charge is 0.484 e. The zero-order valence-electron chi connectivity index (χ0n) is 14.9. The van der Waals surface area contributed by atoms with E-state index in [9.17, 15) is 9.59 Å². The number of carbonyl (C=O) groups excluding carboxylic acids is 2. The third kappa shape index (κ3) is 3.53. The van der Waals surface area contributed by atoms with Crippen LogP contribution < -0.4 is 15.4 Å². The van der Waals surface area contributed by atoms with Gasteiger partial charge >= 0.3 is 0 Å². The van der Waals surface area contributed by atoms with Gasteiger partial charge in [-0.1, -0.05) is 11.6 Å². The predicted molar refractivity (Wildman–Crippen MR) is 103 cm³/mol. The summed E-state index contributed by atoms with van der Waals surface area (Å²) in [4.78, 5) is 28.7. The van der Waals surface area contributed by atoms with Crippen molar-refractivity contribution in [2.24, 2.45) is 5.41 Å². The molecule has 2 N–H and O–H groups in total. The summed E-state index contributed by atoms with van der Waals surface area (Å²) in [6.45, 7) is 2.30. The molecule has 3 aliphatic carbocycles. The number of nitrogens with zero attached hydrogens (tertiary/aromatic N) is 1. The first-order valence-electron chi connectivity index (χ1n) is 8.77.